The fourth-order valence-electron chi connectivity index (χ4n) is 2.69. The molecule has 1 aromatic rings. The summed E-state index contributed by atoms with van der Waals surface area (Å²) in [6.45, 7) is 4.03. The third-order valence-electron chi connectivity index (χ3n) is 4.15. The predicted molar refractivity (Wildman–Crippen MR) is 93.2 cm³/mol. The van der Waals surface area contributed by atoms with Crippen molar-refractivity contribution in [2.75, 3.05) is 19.6 Å². The van der Waals surface area contributed by atoms with Crippen molar-refractivity contribution in [3.8, 4) is 0 Å². The van der Waals surface area contributed by atoms with Crippen molar-refractivity contribution >= 4 is 24.2 Å². The maximum Gasteiger partial charge on any atom is 0.224 e. The van der Waals surface area contributed by atoms with Crippen LogP contribution in [0, 0.1) is 0 Å². The fraction of sp³-hybridized carbons (Fsp3) is 0.529. The Labute approximate surface area is 144 Å². The van der Waals surface area contributed by atoms with E-state index in [1.165, 1.54) is 0 Å². The number of hydrogen-bond acceptors (Lipinski definition) is 3. The zero-order chi connectivity index (χ0) is 15.9. The lowest BCUT2D eigenvalue weighted by molar-refractivity contribution is -0.134. The van der Waals surface area contributed by atoms with Crippen LogP contribution in [0.2, 0.25) is 0 Å². The van der Waals surface area contributed by atoms with Crippen LogP contribution in [0.5, 0.6) is 0 Å². The van der Waals surface area contributed by atoms with Crippen LogP contribution >= 0.6 is 12.4 Å². The topological polar surface area (TPSA) is 66.6 Å². The van der Waals surface area contributed by atoms with Crippen molar-refractivity contribution in [3.63, 3.8) is 0 Å². The first-order valence-electron chi connectivity index (χ1n) is 7.89. The standard InChI is InChI=1S/C17H25N3O2.ClH/c1-14(21)20(13-15-5-3-2-4-6-15)12-9-17(22)19-10-7-16(18)8-11-19;/h2-6,16H,7-13,18H2,1H3;1H. The van der Waals surface area contributed by atoms with E-state index >= 15 is 0 Å². The molecular formula is C17H26ClN3O2. The monoisotopic (exact) mass is 339 g/mol. The molecule has 1 aliphatic rings. The summed E-state index contributed by atoms with van der Waals surface area (Å²) in [4.78, 5) is 27.6. The van der Waals surface area contributed by atoms with E-state index in [1.54, 1.807) is 11.8 Å². The van der Waals surface area contributed by atoms with Crippen molar-refractivity contribution in [2.45, 2.75) is 38.8 Å². The van der Waals surface area contributed by atoms with E-state index in [0.29, 0.717) is 19.5 Å². The van der Waals surface area contributed by atoms with Crippen molar-refractivity contribution in [1.82, 2.24) is 9.80 Å². The van der Waals surface area contributed by atoms with E-state index < -0.39 is 0 Å². The van der Waals surface area contributed by atoms with Gasteiger partial charge in [0.05, 0.1) is 0 Å². The SMILES string of the molecule is CC(=O)N(CCC(=O)N1CCC(N)CC1)Cc1ccccc1.Cl. The van der Waals surface area contributed by atoms with Gasteiger partial charge in [0.1, 0.15) is 0 Å². The van der Waals surface area contributed by atoms with Crippen LogP contribution < -0.4 is 5.73 Å². The largest absolute Gasteiger partial charge is 0.343 e. The molecule has 1 aliphatic heterocycles. The maximum absolute atomic E-state index is 12.2. The first-order chi connectivity index (χ1) is 10.6. The van der Waals surface area contributed by atoms with E-state index in [9.17, 15) is 9.59 Å². The van der Waals surface area contributed by atoms with Gasteiger partial charge in [0.15, 0.2) is 0 Å². The molecule has 2 N–H and O–H groups in total. The Hall–Kier alpha value is -1.59. The summed E-state index contributed by atoms with van der Waals surface area (Å²) in [5.74, 6) is 0.114. The van der Waals surface area contributed by atoms with Gasteiger partial charge in [0, 0.05) is 45.6 Å². The van der Waals surface area contributed by atoms with E-state index in [1.807, 2.05) is 35.2 Å². The number of carbonyl (C=O) groups is 2. The van der Waals surface area contributed by atoms with Gasteiger partial charge in [0.2, 0.25) is 11.8 Å². The normalized spacial score (nSPS) is 15.0. The Morgan fingerprint density at radius 3 is 2.39 bits per heavy atom. The highest BCUT2D eigenvalue weighted by Gasteiger charge is 2.21. The number of amides is 2. The molecule has 2 amide bonds. The number of carbonyl (C=O) groups excluding carboxylic acids is 2. The highest BCUT2D eigenvalue weighted by Crippen LogP contribution is 2.11. The third-order valence-corrected chi connectivity index (χ3v) is 4.15. The number of piperidine rings is 1. The van der Waals surface area contributed by atoms with Crippen LogP contribution in [0.1, 0.15) is 31.7 Å². The zero-order valence-corrected chi connectivity index (χ0v) is 14.4. The lowest BCUT2D eigenvalue weighted by atomic mass is 10.1. The maximum atomic E-state index is 12.2. The van der Waals surface area contributed by atoms with Crippen molar-refractivity contribution < 1.29 is 9.59 Å². The van der Waals surface area contributed by atoms with Gasteiger partial charge in [-0.05, 0) is 18.4 Å². The summed E-state index contributed by atoms with van der Waals surface area (Å²) in [5.41, 5.74) is 6.93. The van der Waals surface area contributed by atoms with Gasteiger partial charge in [-0.1, -0.05) is 30.3 Å². The first kappa shape index (κ1) is 19.5. The molecule has 1 aromatic carbocycles. The molecule has 0 radical (unpaired) electrons. The van der Waals surface area contributed by atoms with E-state index in [0.717, 1.165) is 31.5 Å². The first-order valence-corrected chi connectivity index (χ1v) is 7.89. The number of hydrogen-bond donors (Lipinski definition) is 1. The number of nitrogens with zero attached hydrogens (tertiary/aromatic N) is 2. The second kappa shape index (κ2) is 9.53. The molecule has 0 aliphatic carbocycles. The van der Waals surface area contributed by atoms with E-state index in [2.05, 4.69) is 0 Å². The van der Waals surface area contributed by atoms with Gasteiger partial charge in [-0.2, -0.15) is 0 Å². The minimum atomic E-state index is -0.00248. The van der Waals surface area contributed by atoms with Gasteiger partial charge in [-0.25, -0.2) is 0 Å². The van der Waals surface area contributed by atoms with Crippen LogP contribution in [0.15, 0.2) is 30.3 Å². The Balaban J connectivity index is 0.00000264. The number of nitrogens with two attached hydrogens (primary N) is 1. The van der Waals surface area contributed by atoms with Gasteiger partial charge < -0.3 is 15.5 Å². The average molecular weight is 340 g/mol. The molecule has 0 bridgehead atoms. The number of benzene rings is 1. The van der Waals surface area contributed by atoms with Crippen molar-refractivity contribution in [1.29, 1.82) is 0 Å². The molecule has 128 valence electrons. The molecule has 1 heterocycles. The second-order valence-corrected chi connectivity index (χ2v) is 5.89. The average Bonchev–Trinajstić information content (AvgIpc) is 2.52. The van der Waals surface area contributed by atoms with Crippen LogP contribution in [0.3, 0.4) is 0 Å². The lowest BCUT2D eigenvalue weighted by Gasteiger charge is -2.31. The van der Waals surface area contributed by atoms with E-state index in [-0.39, 0.29) is 30.3 Å². The smallest absolute Gasteiger partial charge is 0.224 e. The predicted octanol–water partition coefficient (Wildman–Crippen LogP) is 1.80. The summed E-state index contributed by atoms with van der Waals surface area (Å²) in [6, 6.07) is 10.1. The van der Waals surface area contributed by atoms with Gasteiger partial charge in [0.25, 0.3) is 0 Å². The molecule has 0 aromatic heterocycles. The molecule has 1 saturated heterocycles. The van der Waals surface area contributed by atoms with Crippen LogP contribution in [0.25, 0.3) is 0 Å². The highest BCUT2D eigenvalue weighted by molar-refractivity contribution is 5.85. The minimum absolute atomic E-state index is 0. The molecule has 0 atom stereocenters. The highest BCUT2D eigenvalue weighted by atomic mass is 35.5. The number of rotatable bonds is 5. The second-order valence-electron chi connectivity index (χ2n) is 5.89. The summed E-state index contributed by atoms with van der Waals surface area (Å²) in [5, 5.41) is 0. The molecule has 5 nitrogen and oxygen atoms in total. The molecule has 2 rings (SSSR count). The fourth-order valence-corrected chi connectivity index (χ4v) is 2.69. The molecule has 6 heteroatoms. The Bertz CT molecular complexity index is 502. The van der Waals surface area contributed by atoms with Gasteiger partial charge >= 0.3 is 0 Å². The van der Waals surface area contributed by atoms with Crippen LogP contribution in [-0.2, 0) is 16.1 Å². The molecule has 0 spiro atoms. The van der Waals surface area contributed by atoms with Crippen molar-refractivity contribution in [2.24, 2.45) is 5.73 Å². The van der Waals surface area contributed by atoms with Crippen LogP contribution in [-0.4, -0.2) is 47.3 Å². The quantitative estimate of drug-likeness (QED) is 0.889. The summed E-state index contributed by atoms with van der Waals surface area (Å²) in [7, 11) is 0. The molecule has 23 heavy (non-hydrogen) atoms. The van der Waals surface area contributed by atoms with Crippen molar-refractivity contribution in [3.05, 3.63) is 35.9 Å². The van der Waals surface area contributed by atoms with E-state index in [4.69, 9.17) is 5.73 Å². The molecule has 0 unspecified atom stereocenters. The Morgan fingerprint density at radius 1 is 1.22 bits per heavy atom. The van der Waals surface area contributed by atoms with Crippen LogP contribution in [0.4, 0.5) is 0 Å². The Morgan fingerprint density at radius 2 is 1.83 bits per heavy atom. The Kier molecular flexibility index (Phi) is 8.06. The van der Waals surface area contributed by atoms with Gasteiger partial charge in [-0.3, -0.25) is 9.59 Å². The summed E-state index contributed by atoms with van der Waals surface area (Å²) < 4.78 is 0. The third kappa shape index (κ3) is 6.20. The summed E-state index contributed by atoms with van der Waals surface area (Å²) >= 11 is 0. The lowest BCUT2D eigenvalue weighted by Crippen LogP contribution is -2.44. The molecular weight excluding hydrogens is 314 g/mol. The summed E-state index contributed by atoms with van der Waals surface area (Å²) in [6.07, 6.45) is 2.11. The van der Waals surface area contributed by atoms with Gasteiger partial charge in [-0.15, -0.1) is 12.4 Å². The molecule has 0 saturated carbocycles. The number of halogens is 1. The molecule has 1 fully saturated rings. The minimum Gasteiger partial charge on any atom is -0.343 e. The number of likely N-dealkylation sites (tertiary alicyclic amines) is 1. The zero-order valence-electron chi connectivity index (χ0n) is 13.6.